The molecule has 0 amide bonds. The molecule has 0 unspecified atom stereocenters. The van der Waals surface area contributed by atoms with Crippen molar-refractivity contribution in [2.75, 3.05) is 0 Å². The highest BCUT2D eigenvalue weighted by Crippen LogP contribution is 2.36. The molecule has 0 spiro atoms. The van der Waals surface area contributed by atoms with E-state index in [1.807, 2.05) is 41.9 Å². The van der Waals surface area contributed by atoms with Crippen LogP contribution in [0.15, 0.2) is 60.7 Å². The quantitative estimate of drug-likeness (QED) is 0.193. The van der Waals surface area contributed by atoms with Crippen molar-refractivity contribution in [1.82, 2.24) is 0 Å². The molecule has 0 aliphatic rings. The molecule has 1 aromatic heterocycles. The van der Waals surface area contributed by atoms with Gasteiger partial charge in [-0.15, -0.1) is 0 Å². The summed E-state index contributed by atoms with van der Waals surface area (Å²) in [4.78, 5) is 10.9. The van der Waals surface area contributed by atoms with E-state index >= 15 is 0 Å². The number of benzene rings is 3. The van der Waals surface area contributed by atoms with Crippen LogP contribution in [0.25, 0.3) is 32.9 Å². The van der Waals surface area contributed by atoms with Crippen LogP contribution in [0.4, 0.5) is 5.69 Å². The second-order valence-corrected chi connectivity index (χ2v) is 6.88. The van der Waals surface area contributed by atoms with Crippen LogP contribution in [-0.4, -0.2) is 4.92 Å². The highest BCUT2D eigenvalue weighted by molar-refractivity contribution is 6.36. The first kappa shape index (κ1) is 16.8. The summed E-state index contributed by atoms with van der Waals surface area (Å²) in [5.41, 5.74) is 2.63. The summed E-state index contributed by atoms with van der Waals surface area (Å²) in [6, 6.07) is 18.2. The van der Waals surface area contributed by atoms with E-state index in [2.05, 4.69) is 0 Å². The van der Waals surface area contributed by atoms with Crippen LogP contribution in [0, 0.1) is 10.1 Å². The molecule has 4 rings (SSSR count). The van der Waals surface area contributed by atoms with Crippen LogP contribution in [0.5, 0.6) is 0 Å². The third-order valence-corrected chi connectivity index (χ3v) is 5.09. The number of hydrogen-bond donors (Lipinski definition) is 0. The first-order chi connectivity index (χ1) is 12.5. The number of para-hydroxylation sites is 1. The predicted octanol–water partition coefficient (Wildman–Crippen LogP) is 5.70. The highest BCUT2D eigenvalue weighted by atomic mass is 35.5. The molecule has 1 heterocycles. The average molecular weight is 384 g/mol. The van der Waals surface area contributed by atoms with Gasteiger partial charge >= 0.3 is 0 Å². The molecule has 0 aliphatic carbocycles. The molecule has 0 radical (unpaired) electrons. The Kier molecular flexibility index (Phi) is 4.02. The Morgan fingerprint density at radius 2 is 1.69 bits per heavy atom. The molecule has 0 saturated carbocycles. The van der Waals surface area contributed by atoms with Gasteiger partial charge in [-0.3, -0.25) is 10.1 Å². The Morgan fingerprint density at radius 1 is 0.923 bits per heavy atom. The van der Waals surface area contributed by atoms with E-state index in [-0.39, 0.29) is 10.6 Å². The summed E-state index contributed by atoms with van der Waals surface area (Å²) in [6.07, 6.45) is 0. The van der Waals surface area contributed by atoms with Gasteiger partial charge in [0.1, 0.15) is 7.05 Å². The van der Waals surface area contributed by atoms with Gasteiger partial charge in [0, 0.05) is 28.6 Å². The number of aromatic nitrogens is 1. The maximum atomic E-state index is 11.3. The minimum absolute atomic E-state index is 0.0408. The van der Waals surface area contributed by atoms with Crippen molar-refractivity contribution in [2.24, 2.45) is 7.05 Å². The lowest BCUT2D eigenvalue weighted by Gasteiger charge is -2.10. The standard InChI is InChI=1S/C20H13Cl2N2O2/c1-23-19-5-3-2-4-15(19)14-9-7-13(24(25)26)11-17(14)20(23)16-8-6-12(21)10-18(16)22/h2-11H,1H3/q+1. The number of nitrogens with zero attached hydrogens (tertiary/aromatic N) is 2. The van der Waals surface area contributed by atoms with Crippen molar-refractivity contribution >= 4 is 50.6 Å². The molecule has 0 bridgehead atoms. The van der Waals surface area contributed by atoms with Crippen molar-refractivity contribution in [3.05, 3.63) is 80.8 Å². The lowest BCUT2D eigenvalue weighted by atomic mass is 9.98. The smallest absolute Gasteiger partial charge is 0.258 e. The third kappa shape index (κ3) is 2.59. The van der Waals surface area contributed by atoms with Gasteiger partial charge in [-0.2, -0.15) is 4.57 Å². The van der Waals surface area contributed by atoms with E-state index in [0.717, 1.165) is 32.9 Å². The molecule has 0 N–H and O–H groups in total. The lowest BCUT2D eigenvalue weighted by Crippen LogP contribution is -2.32. The summed E-state index contributed by atoms with van der Waals surface area (Å²) in [6.45, 7) is 0. The second-order valence-electron chi connectivity index (χ2n) is 6.04. The van der Waals surface area contributed by atoms with Crippen molar-refractivity contribution in [1.29, 1.82) is 0 Å². The maximum Gasteiger partial charge on any atom is 0.270 e. The molecule has 0 saturated heterocycles. The first-order valence-corrected chi connectivity index (χ1v) is 8.67. The van der Waals surface area contributed by atoms with Gasteiger partial charge < -0.3 is 0 Å². The molecule has 4 nitrogen and oxygen atoms in total. The number of rotatable bonds is 2. The summed E-state index contributed by atoms with van der Waals surface area (Å²) >= 11 is 12.5. The molecule has 0 aliphatic heterocycles. The average Bonchev–Trinajstić information content (AvgIpc) is 2.63. The SMILES string of the molecule is C[n+]1c(-c2ccc(Cl)cc2Cl)c2cc([N+](=O)[O-])ccc2c2ccccc21. The van der Waals surface area contributed by atoms with Crippen LogP contribution in [-0.2, 0) is 7.05 Å². The number of pyridine rings is 1. The zero-order valence-electron chi connectivity index (χ0n) is 13.7. The number of non-ortho nitro benzene ring substituents is 1. The molecule has 26 heavy (non-hydrogen) atoms. The first-order valence-electron chi connectivity index (χ1n) is 7.91. The minimum Gasteiger partial charge on any atom is -0.258 e. The fourth-order valence-corrected chi connectivity index (χ4v) is 3.88. The molecule has 3 aromatic carbocycles. The largest absolute Gasteiger partial charge is 0.270 e. The maximum absolute atomic E-state index is 11.3. The van der Waals surface area contributed by atoms with Crippen molar-refractivity contribution in [2.45, 2.75) is 0 Å². The van der Waals surface area contributed by atoms with Gasteiger partial charge in [0.15, 0.2) is 0 Å². The van der Waals surface area contributed by atoms with Crippen LogP contribution in [0.3, 0.4) is 0 Å². The van der Waals surface area contributed by atoms with E-state index in [9.17, 15) is 10.1 Å². The highest BCUT2D eigenvalue weighted by Gasteiger charge is 2.24. The fraction of sp³-hybridized carbons (Fsp3) is 0.0500. The molecule has 0 fully saturated rings. The molecular formula is C20H13Cl2N2O2+. The number of hydrogen-bond acceptors (Lipinski definition) is 2. The molecular weight excluding hydrogens is 371 g/mol. The van der Waals surface area contributed by atoms with Gasteiger partial charge in [-0.1, -0.05) is 35.3 Å². The van der Waals surface area contributed by atoms with E-state index in [0.29, 0.717) is 10.0 Å². The van der Waals surface area contributed by atoms with Crippen molar-refractivity contribution in [3.8, 4) is 11.3 Å². The topological polar surface area (TPSA) is 47.0 Å². The number of aryl methyl sites for hydroxylation is 1. The Hall–Kier alpha value is -2.69. The second kappa shape index (κ2) is 6.24. The summed E-state index contributed by atoms with van der Waals surface area (Å²) in [7, 11) is 1.93. The monoisotopic (exact) mass is 383 g/mol. The molecule has 6 heteroatoms. The Labute approximate surface area is 159 Å². The number of nitro groups is 1. The molecule has 128 valence electrons. The van der Waals surface area contributed by atoms with Crippen LogP contribution in [0.2, 0.25) is 10.0 Å². The Bertz CT molecular complexity index is 1210. The Morgan fingerprint density at radius 3 is 2.42 bits per heavy atom. The van der Waals surface area contributed by atoms with Gasteiger partial charge in [-0.05, 0) is 30.3 Å². The van der Waals surface area contributed by atoms with E-state index in [1.54, 1.807) is 24.3 Å². The summed E-state index contributed by atoms with van der Waals surface area (Å²) < 4.78 is 2.01. The van der Waals surface area contributed by atoms with Crippen molar-refractivity contribution in [3.63, 3.8) is 0 Å². The van der Waals surface area contributed by atoms with Gasteiger partial charge in [-0.25, -0.2) is 0 Å². The lowest BCUT2D eigenvalue weighted by molar-refractivity contribution is -0.632. The van der Waals surface area contributed by atoms with E-state index in [4.69, 9.17) is 23.2 Å². The fourth-order valence-electron chi connectivity index (χ4n) is 3.38. The van der Waals surface area contributed by atoms with Gasteiger partial charge in [0.05, 0.1) is 26.3 Å². The van der Waals surface area contributed by atoms with E-state index < -0.39 is 0 Å². The number of halogens is 2. The zero-order chi connectivity index (χ0) is 18.4. The normalized spacial score (nSPS) is 11.2. The third-order valence-electron chi connectivity index (χ3n) is 4.55. The summed E-state index contributed by atoms with van der Waals surface area (Å²) in [5, 5.41) is 15.1. The van der Waals surface area contributed by atoms with Gasteiger partial charge in [0.2, 0.25) is 11.2 Å². The minimum atomic E-state index is -0.387. The summed E-state index contributed by atoms with van der Waals surface area (Å²) in [5.74, 6) is 0. The van der Waals surface area contributed by atoms with Crippen LogP contribution in [0.1, 0.15) is 0 Å². The number of nitro benzene ring substituents is 1. The van der Waals surface area contributed by atoms with Gasteiger partial charge in [0.25, 0.3) is 5.69 Å². The van der Waals surface area contributed by atoms with E-state index in [1.165, 1.54) is 6.07 Å². The predicted molar refractivity (Wildman–Crippen MR) is 105 cm³/mol. The molecule has 0 atom stereocenters. The molecule has 4 aromatic rings. The van der Waals surface area contributed by atoms with Crippen LogP contribution < -0.4 is 4.57 Å². The van der Waals surface area contributed by atoms with Crippen LogP contribution >= 0.6 is 23.2 Å². The van der Waals surface area contributed by atoms with Crippen molar-refractivity contribution < 1.29 is 9.49 Å². The Balaban J connectivity index is 2.23. The zero-order valence-corrected chi connectivity index (χ0v) is 15.3. The number of fused-ring (bicyclic) bond motifs is 3.